The van der Waals surface area contributed by atoms with Gasteiger partial charge >= 0.3 is 0 Å². The lowest BCUT2D eigenvalue weighted by Crippen LogP contribution is -2.23. The van der Waals surface area contributed by atoms with Crippen molar-refractivity contribution in [3.05, 3.63) is 58.7 Å². The Morgan fingerprint density at radius 3 is 1.57 bits per heavy atom. The highest BCUT2D eigenvalue weighted by molar-refractivity contribution is 5.87. The number of benzene rings is 2. The van der Waals surface area contributed by atoms with Crippen molar-refractivity contribution in [3.8, 4) is 11.1 Å². The molecular formula is C19H18O2. The Labute approximate surface area is 124 Å². The summed E-state index contributed by atoms with van der Waals surface area (Å²) in [6.07, 6.45) is 3.70. The molecule has 0 amide bonds. The SMILES string of the molecule is CCC1(CC)c2cc(C=O)ccc2-c2ccc(C=O)cc21. The smallest absolute Gasteiger partial charge is 0.150 e. The molecule has 21 heavy (non-hydrogen) atoms. The summed E-state index contributed by atoms with van der Waals surface area (Å²) in [5.74, 6) is 0. The largest absolute Gasteiger partial charge is 0.298 e. The normalized spacial score (nSPS) is 14.4. The van der Waals surface area contributed by atoms with Gasteiger partial charge in [0.25, 0.3) is 0 Å². The molecule has 0 N–H and O–H groups in total. The van der Waals surface area contributed by atoms with Gasteiger partial charge in [-0.2, -0.15) is 0 Å². The highest BCUT2D eigenvalue weighted by atomic mass is 16.1. The van der Waals surface area contributed by atoms with Gasteiger partial charge < -0.3 is 0 Å². The third-order valence-electron chi connectivity index (χ3n) is 4.89. The molecule has 1 aliphatic rings. The van der Waals surface area contributed by atoms with Crippen molar-refractivity contribution in [2.45, 2.75) is 32.1 Å². The molecule has 2 heteroatoms. The highest BCUT2D eigenvalue weighted by Gasteiger charge is 2.40. The van der Waals surface area contributed by atoms with Gasteiger partial charge in [-0.3, -0.25) is 9.59 Å². The zero-order valence-electron chi connectivity index (χ0n) is 12.3. The summed E-state index contributed by atoms with van der Waals surface area (Å²) in [7, 11) is 0. The van der Waals surface area contributed by atoms with Crippen LogP contribution in [0.3, 0.4) is 0 Å². The Morgan fingerprint density at radius 1 is 0.810 bits per heavy atom. The minimum Gasteiger partial charge on any atom is -0.298 e. The van der Waals surface area contributed by atoms with Gasteiger partial charge in [0.15, 0.2) is 0 Å². The zero-order valence-corrected chi connectivity index (χ0v) is 12.3. The Morgan fingerprint density at radius 2 is 1.24 bits per heavy atom. The van der Waals surface area contributed by atoms with Gasteiger partial charge in [-0.15, -0.1) is 0 Å². The molecule has 0 radical (unpaired) electrons. The van der Waals surface area contributed by atoms with Crippen LogP contribution in [-0.2, 0) is 5.41 Å². The van der Waals surface area contributed by atoms with Gasteiger partial charge in [0.05, 0.1) is 0 Å². The second kappa shape index (κ2) is 4.96. The molecule has 0 heterocycles. The first-order valence-electron chi connectivity index (χ1n) is 7.40. The molecule has 0 aromatic heterocycles. The molecule has 0 fully saturated rings. The zero-order chi connectivity index (χ0) is 15.0. The van der Waals surface area contributed by atoms with Crippen LogP contribution in [0.1, 0.15) is 58.5 Å². The first-order chi connectivity index (χ1) is 10.2. The van der Waals surface area contributed by atoms with Crippen LogP contribution in [0.5, 0.6) is 0 Å². The maximum atomic E-state index is 11.1. The van der Waals surface area contributed by atoms with Crippen molar-refractivity contribution in [1.82, 2.24) is 0 Å². The molecule has 3 rings (SSSR count). The number of hydrogen-bond acceptors (Lipinski definition) is 2. The standard InChI is InChI=1S/C19H18O2/c1-3-19(4-2)17-9-13(11-20)5-7-15(17)16-8-6-14(12-21)10-18(16)19/h5-12H,3-4H2,1-2H3. The third-order valence-corrected chi connectivity index (χ3v) is 4.89. The fraction of sp³-hybridized carbons (Fsp3) is 0.263. The Hall–Kier alpha value is -2.22. The van der Waals surface area contributed by atoms with Gasteiger partial charge in [-0.05, 0) is 47.2 Å². The quantitative estimate of drug-likeness (QED) is 0.777. The molecular weight excluding hydrogens is 260 g/mol. The molecule has 0 bridgehead atoms. The maximum Gasteiger partial charge on any atom is 0.150 e. The summed E-state index contributed by atoms with van der Waals surface area (Å²) in [5, 5.41) is 0. The molecule has 2 aromatic carbocycles. The van der Waals surface area contributed by atoms with Gasteiger partial charge in [0, 0.05) is 16.5 Å². The lowest BCUT2D eigenvalue weighted by atomic mass is 9.73. The number of aldehydes is 2. The van der Waals surface area contributed by atoms with E-state index in [-0.39, 0.29) is 5.41 Å². The van der Waals surface area contributed by atoms with E-state index < -0.39 is 0 Å². The number of fused-ring (bicyclic) bond motifs is 3. The van der Waals surface area contributed by atoms with E-state index in [2.05, 4.69) is 13.8 Å². The lowest BCUT2D eigenvalue weighted by Gasteiger charge is -2.29. The summed E-state index contributed by atoms with van der Waals surface area (Å²) >= 11 is 0. The molecule has 0 atom stereocenters. The number of carbonyl (C=O) groups excluding carboxylic acids is 2. The second-order valence-corrected chi connectivity index (χ2v) is 5.63. The van der Waals surface area contributed by atoms with Crippen LogP contribution in [-0.4, -0.2) is 12.6 Å². The van der Waals surface area contributed by atoms with Crippen molar-refractivity contribution in [2.24, 2.45) is 0 Å². The molecule has 0 aliphatic heterocycles. The molecule has 106 valence electrons. The van der Waals surface area contributed by atoms with Crippen molar-refractivity contribution in [3.63, 3.8) is 0 Å². The van der Waals surface area contributed by atoms with E-state index in [1.807, 2.05) is 36.4 Å². The van der Waals surface area contributed by atoms with E-state index in [4.69, 9.17) is 0 Å². The van der Waals surface area contributed by atoms with Crippen LogP contribution in [0.25, 0.3) is 11.1 Å². The number of rotatable bonds is 4. The maximum absolute atomic E-state index is 11.1. The highest BCUT2D eigenvalue weighted by Crippen LogP contribution is 2.52. The third kappa shape index (κ3) is 1.79. The van der Waals surface area contributed by atoms with E-state index in [1.54, 1.807) is 0 Å². The van der Waals surface area contributed by atoms with Crippen LogP contribution in [0.4, 0.5) is 0 Å². The van der Waals surface area contributed by atoms with Gasteiger partial charge in [-0.1, -0.05) is 38.1 Å². The summed E-state index contributed by atoms with van der Waals surface area (Å²) < 4.78 is 0. The molecule has 2 nitrogen and oxygen atoms in total. The minimum atomic E-state index is -0.0945. The monoisotopic (exact) mass is 278 g/mol. The van der Waals surface area contributed by atoms with Gasteiger partial charge in [0.2, 0.25) is 0 Å². The van der Waals surface area contributed by atoms with Crippen molar-refractivity contribution >= 4 is 12.6 Å². The fourth-order valence-electron chi connectivity index (χ4n) is 3.69. The Kier molecular flexibility index (Phi) is 3.25. The average Bonchev–Trinajstić information content (AvgIpc) is 2.83. The second-order valence-electron chi connectivity index (χ2n) is 5.63. The topological polar surface area (TPSA) is 34.1 Å². The van der Waals surface area contributed by atoms with Crippen molar-refractivity contribution in [1.29, 1.82) is 0 Å². The van der Waals surface area contributed by atoms with E-state index in [0.29, 0.717) is 11.1 Å². The average molecular weight is 278 g/mol. The fourth-order valence-corrected chi connectivity index (χ4v) is 3.69. The molecule has 0 saturated heterocycles. The van der Waals surface area contributed by atoms with Gasteiger partial charge in [0.1, 0.15) is 12.6 Å². The van der Waals surface area contributed by atoms with Crippen LogP contribution in [0.15, 0.2) is 36.4 Å². The van der Waals surface area contributed by atoms with Crippen molar-refractivity contribution in [2.75, 3.05) is 0 Å². The molecule has 0 unspecified atom stereocenters. The summed E-state index contributed by atoms with van der Waals surface area (Å²) in [5.41, 5.74) is 6.15. The van der Waals surface area contributed by atoms with Crippen LogP contribution < -0.4 is 0 Å². The molecule has 1 aliphatic carbocycles. The molecule has 0 saturated carbocycles. The molecule has 2 aromatic rings. The number of carbonyl (C=O) groups is 2. The summed E-state index contributed by atoms with van der Waals surface area (Å²) in [6.45, 7) is 4.34. The molecule has 0 spiro atoms. The summed E-state index contributed by atoms with van der Waals surface area (Å²) in [4.78, 5) is 22.2. The van der Waals surface area contributed by atoms with E-state index in [1.165, 1.54) is 22.3 Å². The van der Waals surface area contributed by atoms with E-state index >= 15 is 0 Å². The van der Waals surface area contributed by atoms with Crippen LogP contribution in [0.2, 0.25) is 0 Å². The number of hydrogen-bond donors (Lipinski definition) is 0. The van der Waals surface area contributed by atoms with E-state index in [9.17, 15) is 9.59 Å². The predicted molar refractivity (Wildman–Crippen MR) is 84.0 cm³/mol. The Balaban J connectivity index is 2.35. The Bertz CT molecular complexity index is 665. The summed E-state index contributed by atoms with van der Waals surface area (Å²) in [6, 6.07) is 11.8. The predicted octanol–water partition coefficient (Wildman–Crippen LogP) is 4.40. The first-order valence-corrected chi connectivity index (χ1v) is 7.40. The van der Waals surface area contributed by atoms with Crippen molar-refractivity contribution < 1.29 is 9.59 Å². The van der Waals surface area contributed by atoms with Crippen LogP contribution >= 0.6 is 0 Å². The first kappa shape index (κ1) is 13.7. The van der Waals surface area contributed by atoms with Gasteiger partial charge in [-0.25, -0.2) is 0 Å². The lowest BCUT2D eigenvalue weighted by molar-refractivity contribution is 0.111. The van der Waals surface area contributed by atoms with Crippen LogP contribution in [0, 0.1) is 0 Å². The minimum absolute atomic E-state index is 0.0945. The van der Waals surface area contributed by atoms with E-state index in [0.717, 1.165) is 25.4 Å².